The highest BCUT2D eigenvalue weighted by molar-refractivity contribution is 5.11. The van der Waals surface area contributed by atoms with E-state index < -0.39 is 5.60 Å². The van der Waals surface area contributed by atoms with Gasteiger partial charge in [0.25, 0.3) is 0 Å². The van der Waals surface area contributed by atoms with E-state index in [0.717, 1.165) is 12.8 Å². The van der Waals surface area contributed by atoms with Crippen LogP contribution in [0.2, 0.25) is 0 Å². The summed E-state index contributed by atoms with van der Waals surface area (Å²) >= 11 is 0. The SMILES string of the molecule is C#CC1(O)CC(C)CCC1C. The van der Waals surface area contributed by atoms with Crippen LogP contribution >= 0.6 is 0 Å². The van der Waals surface area contributed by atoms with Crippen molar-refractivity contribution >= 4 is 0 Å². The molecule has 3 unspecified atom stereocenters. The Morgan fingerprint density at radius 3 is 2.55 bits per heavy atom. The summed E-state index contributed by atoms with van der Waals surface area (Å²) in [7, 11) is 0. The molecule has 62 valence electrons. The van der Waals surface area contributed by atoms with Gasteiger partial charge in [-0.25, -0.2) is 0 Å². The molecule has 1 saturated carbocycles. The maximum Gasteiger partial charge on any atom is 0.128 e. The van der Waals surface area contributed by atoms with E-state index in [9.17, 15) is 5.11 Å². The summed E-state index contributed by atoms with van der Waals surface area (Å²) in [6.07, 6.45) is 8.32. The first-order valence-corrected chi connectivity index (χ1v) is 4.28. The van der Waals surface area contributed by atoms with Crippen molar-refractivity contribution in [1.29, 1.82) is 0 Å². The molecule has 0 heterocycles. The zero-order valence-corrected chi connectivity index (χ0v) is 7.30. The minimum Gasteiger partial charge on any atom is -0.377 e. The fraction of sp³-hybridized carbons (Fsp3) is 0.800. The van der Waals surface area contributed by atoms with Gasteiger partial charge in [-0.3, -0.25) is 0 Å². The fourth-order valence-corrected chi connectivity index (χ4v) is 1.81. The third-order valence-corrected chi connectivity index (χ3v) is 2.82. The van der Waals surface area contributed by atoms with Crippen LogP contribution in [0, 0.1) is 24.2 Å². The summed E-state index contributed by atoms with van der Waals surface area (Å²) < 4.78 is 0. The van der Waals surface area contributed by atoms with Crippen molar-refractivity contribution in [3.8, 4) is 12.3 Å². The molecule has 0 radical (unpaired) electrons. The van der Waals surface area contributed by atoms with Gasteiger partial charge >= 0.3 is 0 Å². The largest absolute Gasteiger partial charge is 0.377 e. The second kappa shape index (κ2) is 2.87. The summed E-state index contributed by atoms with van der Waals surface area (Å²) in [4.78, 5) is 0. The summed E-state index contributed by atoms with van der Waals surface area (Å²) in [5, 5.41) is 9.88. The smallest absolute Gasteiger partial charge is 0.128 e. The van der Waals surface area contributed by atoms with Crippen LogP contribution in [0.15, 0.2) is 0 Å². The number of hydrogen-bond donors (Lipinski definition) is 1. The maximum absolute atomic E-state index is 9.88. The predicted octanol–water partition coefficient (Wildman–Crippen LogP) is 1.81. The van der Waals surface area contributed by atoms with Gasteiger partial charge in [-0.2, -0.15) is 0 Å². The van der Waals surface area contributed by atoms with E-state index in [1.807, 2.05) is 6.92 Å². The molecule has 1 fully saturated rings. The molecule has 1 heteroatoms. The van der Waals surface area contributed by atoms with E-state index in [1.54, 1.807) is 0 Å². The van der Waals surface area contributed by atoms with Crippen LogP contribution in [0.1, 0.15) is 33.1 Å². The van der Waals surface area contributed by atoms with Gasteiger partial charge in [0.1, 0.15) is 5.60 Å². The Kier molecular flexibility index (Phi) is 2.25. The van der Waals surface area contributed by atoms with Crippen LogP contribution in [0.3, 0.4) is 0 Å². The Morgan fingerprint density at radius 1 is 1.45 bits per heavy atom. The van der Waals surface area contributed by atoms with Crippen molar-refractivity contribution in [2.75, 3.05) is 0 Å². The standard InChI is InChI=1S/C10H16O/c1-4-10(11)7-8(2)5-6-9(10)3/h1,8-9,11H,5-7H2,2-3H3. The Balaban J connectivity index is 2.70. The zero-order valence-electron chi connectivity index (χ0n) is 7.30. The van der Waals surface area contributed by atoms with Crippen molar-refractivity contribution in [1.82, 2.24) is 0 Å². The average Bonchev–Trinajstić information content (AvgIpc) is 1.98. The molecule has 0 bridgehead atoms. The highest BCUT2D eigenvalue weighted by Gasteiger charge is 2.36. The molecule has 0 aliphatic heterocycles. The van der Waals surface area contributed by atoms with E-state index in [0.29, 0.717) is 5.92 Å². The minimum absolute atomic E-state index is 0.267. The molecule has 0 aromatic rings. The van der Waals surface area contributed by atoms with Gasteiger partial charge in [-0.15, -0.1) is 6.42 Å². The van der Waals surface area contributed by atoms with Gasteiger partial charge in [0.2, 0.25) is 0 Å². The Morgan fingerprint density at radius 2 is 2.09 bits per heavy atom. The normalized spacial score (nSPS) is 44.9. The third kappa shape index (κ3) is 1.57. The lowest BCUT2D eigenvalue weighted by molar-refractivity contribution is -0.00547. The van der Waals surface area contributed by atoms with Crippen molar-refractivity contribution in [3.63, 3.8) is 0 Å². The average molecular weight is 152 g/mol. The molecule has 1 nitrogen and oxygen atoms in total. The quantitative estimate of drug-likeness (QED) is 0.525. The summed E-state index contributed by atoms with van der Waals surface area (Å²) in [5.41, 5.74) is -0.822. The first-order valence-electron chi connectivity index (χ1n) is 4.28. The van der Waals surface area contributed by atoms with Crippen molar-refractivity contribution in [2.24, 2.45) is 11.8 Å². The van der Waals surface area contributed by atoms with Crippen LogP contribution in [0.25, 0.3) is 0 Å². The zero-order chi connectivity index (χ0) is 8.48. The second-order valence-corrected chi connectivity index (χ2v) is 3.86. The Hall–Kier alpha value is -0.480. The van der Waals surface area contributed by atoms with Crippen LogP contribution in [-0.2, 0) is 0 Å². The topological polar surface area (TPSA) is 20.2 Å². The molecule has 0 spiro atoms. The molecule has 1 aliphatic rings. The van der Waals surface area contributed by atoms with Crippen LogP contribution in [0.4, 0.5) is 0 Å². The summed E-state index contributed by atoms with van der Waals surface area (Å²) in [5.74, 6) is 3.36. The monoisotopic (exact) mass is 152 g/mol. The highest BCUT2D eigenvalue weighted by Crippen LogP contribution is 2.35. The predicted molar refractivity (Wildman–Crippen MR) is 46.0 cm³/mol. The van der Waals surface area contributed by atoms with E-state index in [-0.39, 0.29) is 5.92 Å². The third-order valence-electron chi connectivity index (χ3n) is 2.82. The van der Waals surface area contributed by atoms with E-state index >= 15 is 0 Å². The summed E-state index contributed by atoms with van der Waals surface area (Å²) in [6, 6.07) is 0. The molecule has 1 rings (SSSR count). The molecule has 11 heavy (non-hydrogen) atoms. The lowest BCUT2D eigenvalue weighted by Gasteiger charge is -2.36. The summed E-state index contributed by atoms with van der Waals surface area (Å²) in [6.45, 7) is 4.18. The highest BCUT2D eigenvalue weighted by atomic mass is 16.3. The molecule has 0 aromatic carbocycles. The number of aliphatic hydroxyl groups is 1. The number of terminal acetylenes is 1. The van der Waals surface area contributed by atoms with Gasteiger partial charge in [0.15, 0.2) is 0 Å². The van der Waals surface area contributed by atoms with Gasteiger partial charge in [-0.1, -0.05) is 26.2 Å². The lowest BCUT2D eigenvalue weighted by atomic mass is 9.73. The van der Waals surface area contributed by atoms with Crippen LogP contribution in [-0.4, -0.2) is 10.7 Å². The van der Waals surface area contributed by atoms with Gasteiger partial charge in [-0.05, 0) is 24.7 Å². The second-order valence-electron chi connectivity index (χ2n) is 3.86. The lowest BCUT2D eigenvalue weighted by Crippen LogP contribution is -2.40. The van der Waals surface area contributed by atoms with Gasteiger partial charge < -0.3 is 5.11 Å². The first-order chi connectivity index (χ1) is 5.08. The molecule has 1 aliphatic carbocycles. The molecular weight excluding hydrogens is 136 g/mol. The molecular formula is C10H16O. The van der Waals surface area contributed by atoms with Gasteiger partial charge in [0, 0.05) is 0 Å². The number of rotatable bonds is 0. The fourth-order valence-electron chi connectivity index (χ4n) is 1.81. The molecule has 0 saturated heterocycles. The Labute approximate surface area is 68.8 Å². The van der Waals surface area contributed by atoms with Gasteiger partial charge in [0.05, 0.1) is 0 Å². The maximum atomic E-state index is 9.88. The van der Waals surface area contributed by atoms with Crippen molar-refractivity contribution < 1.29 is 5.11 Å². The Bertz CT molecular complexity index is 180. The minimum atomic E-state index is -0.822. The number of hydrogen-bond acceptors (Lipinski definition) is 1. The van der Waals surface area contributed by atoms with E-state index in [2.05, 4.69) is 12.8 Å². The first kappa shape index (κ1) is 8.62. The van der Waals surface area contributed by atoms with Crippen LogP contribution in [0.5, 0.6) is 0 Å². The molecule has 0 aromatic heterocycles. The molecule has 1 N–H and O–H groups in total. The van der Waals surface area contributed by atoms with Crippen molar-refractivity contribution in [2.45, 2.75) is 38.7 Å². The van der Waals surface area contributed by atoms with E-state index in [4.69, 9.17) is 6.42 Å². The molecule has 3 atom stereocenters. The molecule has 0 amide bonds. The van der Waals surface area contributed by atoms with Crippen molar-refractivity contribution in [3.05, 3.63) is 0 Å². The van der Waals surface area contributed by atoms with Crippen LogP contribution < -0.4 is 0 Å². The van der Waals surface area contributed by atoms with E-state index in [1.165, 1.54) is 6.42 Å².